The van der Waals surface area contributed by atoms with Crippen molar-refractivity contribution in [1.29, 1.82) is 0 Å². The van der Waals surface area contributed by atoms with Crippen LogP contribution in [-0.2, 0) is 14.3 Å². The first-order valence-electron chi connectivity index (χ1n) is 10.7. The Labute approximate surface area is 191 Å². The second-order valence-corrected chi connectivity index (χ2v) is 9.24. The third kappa shape index (κ3) is 5.53. The lowest BCUT2D eigenvalue weighted by Crippen LogP contribution is -2.27. The predicted molar refractivity (Wildman–Crippen MR) is 124 cm³/mol. The topological polar surface area (TPSA) is 55.4 Å². The zero-order valence-electron chi connectivity index (χ0n) is 18.2. The van der Waals surface area contributed by atoms with E-state index in [1.54, 1.807) is 6.07 Å². The summed E-state index contributed by atoms with van der Waals surface area (Å²) in [7, 11) is 1.38. The van der Waals surface area contributed by atoms with E-state index in [9.17, 15) is 14.0 Å². The first-order chi connectivity index (χ1) is 14.8. The van der Waals surface area contributed by atoms with E-state index in [4.69, 9.17) is 4.74 Å². The van der Waals surface area contributed by atoms with Crippen molar-refractivity contribution in [3.8, 4) is 0 Å². The fourth-order valence-corrected chi connectivity index (χ4v) is 4.86. The molecule has 6 heteroatoms. The second-order valence-electron chi connectivity index (χ2n) is 8.39. The Bertz CT molecular complexity index is 956. The molecule has 3 rings (SSSR count). The molecule has 2 unspecified atom stereocenters. The van der Waals surface area contributed by atoms with Crippen LogP contribution in [0.15, 0.2) is 40.9 Å². The number of nitrogens with one attached hydrogen (secondary N) is 1. The molecule has 0 saturated heterocycles. The summed E-state index contributed by atoms with van der Waals surface area (Å²) in [6.07, 6.45) is 4.38. The minimum absolute atomic E-state index is 0.0319. The van der Waals surface area contributed by atoms with Crippen LogP contribution in [0.2, 0.25) is 0 Å². The molecular weight excluding hydrogens is 461 g/mol. The number of esters is 1. The molecule has 0 bridgehead atoms. The fourth-order valence-electron chi connectivity index (χ4n) is 4.61. The molecule has 1 amide bonds. The first kappa shape index (κ1) is 23.5. The quantitative estimate of drug-likeness (QED) is 0.453. The Kier molecular flexibility index (Phi) is 7.87. The highest BCUT2D eigenvalue weighted by Crippen LogP contribution is 2.39. The van der Waals surface area contributed by atoms with E-state index >= 15 is 0 Å². The number of hydrogen-bond acceptors (Lipinski definition) is 3. The van der Waals surface area contributed by atoms with Gasteiger partial charge in [0.15, 0.2) is 0 Å². The van der Waals surface area contributed by atoms with E-state index in [2.05, 4.69) is 21.2 Å². The Balaban J connectivity index is 1.87. The molecule has 1 saturated carbocycles. The number of carbonyl (C=O) groups excluding carboxylic acids is 2. The zero-order chi connectivity index (χ0) is 22.5. The van der Waals surface area contributed by atoms with E-state index in [1.165, 1.54) is 13.2 Å². The van der Waals surface area contributed by atoms with Crippen molar-refractivity contribution >= 4 is 33.5 Å². The molecule has 1 fully saturated rings. The van der Waals surface area contributed by atoms with Crippen molar-refractivity contribution in [2.24, 2.45) is 5.92 Å². The van der Waals surface area contributed by atoms with Gasteiger partial charge in [0.1, 0.15) is 5.82 Å². The number of ether oxygens (including phenoxy) is 1. The first-order valence-corrected chi connectivity index (χ1v) is 11.5. The van der Waals surface area contributed by atoms with Gasteiger partial charge in [-0.25, -0.2) is 4.39 Å². The Hall–Kier alpha value is -2.21. The molecule has 2 aromatic rings. The maximum atomic E-state index is 14.2. The molecule has 1 N–H and O–H groups in total. The molecule has 0 radical (unpaired) electrons. The van der Waals surface area contributed by atoms with Crippen molar-refractivity contribution in [2.45, 2.75) is 57.8 Å². The van der Waals surface area contributed by atoms with Gasteiger partial charge in [-0.1, -0.05) is 38.0 Å². The molecular formula is C25H29BrFNO3. The molecule has 166 valence electrons. The van der Waals surface area contributed by atoms with Gasteiger partial charge in [-0.3, -0.25) is 9.59 Å². The Morgan fingerprint density at radius 1 is 1.23 bits per heavy atom. The van der Waals surface area contributed by atoms with E-state index in [0.29, 0.717) is 10.0 Å². The van der Waals surface area contributed by atoms with Gasteiger partial charge in [0.25, 0.3) is 0 Å². The van der Waals surface area contributed by atoms with Gasteiger partial charge in [0.05, 0.1) is 23.9 Å². The highest BCUT2D eigenvalue weighted by atomic mass is 79.9. The maximum Gasteiger partial charge on any atom is 0.306 e. The lowest BCUT2D eigenvalue weighted by molar-refractivity contribution is -0.141. The molecule has 2 aromatic carbocycles. The van der Waals surface area contributed by atoms with Gasteiger partial charge in [0.2, 0.25) is 5.91 Å². The van der Waals surface area contributed by atoms with Crippen LogP contribution >= 0.6 is 15.9 Å². The summed E-state index contributed by atoms with van der Waals surface area (Å²) in [5.74, 6) is -0.976. The van der Waals surface area contributed by atoms with Crippen LogP contribution in [0.3, 0.4) is 0 Å². The van der Waals surface area contributed by atoms with Gasteiger partial charge in [-0.2, -0.15) is 0 Å². The van der Waals surface area contributed by atoms with Gasteiger partial charge in [-0.15, -0.1) is 0 Å². The van der Waals surface area contributed by atoms with Gasteiger partial charge < -0.3 is 10.1 Å². The number of carbonyl (C=O) groups is 2. The number of benzene rings is 2. The number of rotatable bonds is 7. The van der Waals surface area contributed by atoms with E-state index in [1.807, 2.05) is 38.1 Å². The van der Waals surface area contributed by atoms with Gasteiger partial charge in [0, 0.05) is 5.69 Å². The van der Waals surface area contributed by atoms with Crippen LogP contribution in [0.25, 0.3) is 0 Å². The summed E-state index contributed by atoms with van der Waals surface area (Å²) in [6.45, 7) is 3.92. The molecule has 1 aliphatic carbocycles. The number of amides is 1. The largest absolute Gasteiger partial charge is 0.469 e. The Morgan fingerprint density at radius 2 is 1.94 bits per heavy atom. The summed E-state index contributed by atoms with van der Waals surface area (Å²) in [5.41, 5.74) is 3.35. The molecule has 31 heavy (non-hydrogen) atoms. The van der Waals surface area contributed by atoms with Crippen LogP contribution in [0.1, 0.15) is 67.6 Å². The highest BCUT2D eigenvalue weighted by molar-refractivity contribution is 9.10. The predicted octanol–water partition coefficient (Wildman–Crippen LogP) is 6.48. The van der Waals surface area contributed by atoms with Crippen molar-refractivity contribution in [3.63, 3.8) is 0 Å². The summed E-state index contributed by atoms with van der Waals surface area (Å²) in [5, 5.41) is 3.09. The van der Waals surface area contributed by atoms with E-state index in [-0.39, 0.29) is 36.0 Å². The lowest BCUT2D eigenvalue weighted by Gasteiger charge is -2.25. The molecule has 0 heterocycles. The molecule has 0 spiro atoms. The van der Waals surface area contributed by atoms with Crippen LogP contribution in [-0.4, -0.2) is 19.0 Å². The molecule has 1 aliphatic rings. The Morgan fingerprint density at radius 3 is 2.58 bits per heavy atom. The van der Waals surface area contributed by atoms with Crippen LogP contribution in [0.5, 0.6) is 0 Å². The monoisotopic (exact) mass is 489 g/mol. The molecule has 4 nitrogen and oxygen atoms in total. The van der Waals surface area contributed by atoms with Gasteiger partial charge in [-0.05, 0) is 82.4 Å². The van der Waals surface area contributed by atoms with Crippen molar-refractivity contribution in [3.05, 3.63) is 63.4 Å². The number of hydrogen-bond donors (Lipinski definition) is 1. The number of methoxy groups -OCH3 is 1. The smallest absolute Gasteiger partial charge is 0.306 e. The number of halogens is 2. The minimum Gasteiger partial charge on any atom is -0.469 e. The van der Waals surface area contributed by atoms with Crippen molar-refractivity contribution in [2.75, 3.05) is 12.4 Å². The second kappa shape index (κ2) is 10.4. The normalized spacial score (nSPS) is 16.0. The highest BCUT2D eigenvalue weighted by Gasteiger charge is 2.33. The third-order valence-corrected chi connectivity index (χ3v) is 6.96. The van der Waals surface area contributed by atoms with Crippen LogP contribution in [0.4, 0.5) is 10.1 Å². The third-order valence-electron chi connectivity index (χ3n) is 6.32. The van der Waals surface area contributed by atoms with Crippen molar-refractivity contribution < 1.29 is 18.7 Å². The molecule has 0 aliphatic heterocycles. The average molecular weight is 490 g/mol. The van der Waals surface area contributed by atoms with Gasteiger partial charge >= 0.3 is 5.97 Å². The van der Waals surface area contributed by atoms with E-state index in [0.717, 1.165) is 42.5 Å². The summed E-state index contributed by atoms with van der Waals surface area (Å²) < 4.78 is 19.4. The summed E-state index contributed by atoms with van der Waals surface area (Å²) >= 11 is 3.20. The zero-order valence-corrected chi connectivity index (χ0v) is 19.8. The van der Waals surface area contributed by atoms with Crippen LogP contribution < -0.4 is 5.32 Å². The fraction of sp³-hybridized carbons (Fsp3) is 0.440. The minimum atomic E-state index is -0.402. The average Bonchev–Trinajstić information content (AvgIpc) is 3.26. The summed E-state index contributed by atoms with van der Waals surface area (Å²) in [6, 6.07) is 10.7. The number of anilines is 1. The van der Waals surface area contributed by atoms with Crippen molar-refractivity contribution in [1.82, 2.24) is 0 Å². The molecule has 0 aromatic heterocycles. The summed E-state index contributed by atoms with van der Waals surface area (Å²) in [4.78, 5) is 25.1. The van der Waals surface area contributed by atoms with E-state index < -0.39 is 5.92 Å². The standard InChI is InChI=1S/C25H29BrFNO3/c1-15(13-23(29)31-3)19-9-6-10-22(16(19)2)28-25(30)24(17-7-4-5-8-17)18-11-12-20(26)21(27)14-18/h6,9-12,14-15,17,24H,4-5,7-8,13H2,1-3H3,(H,28,30). The van der Waals surface area contributed by atoms with Crippen LogP contribution in [0, 0.1) is 18.7 Å². The molecule has 2 atom stereocenters. The lowest BCUT2D eigenvalue weighted by atomic mass is 9.84. The maximum absolute atomic E-state index is 14.2. The SMILES string of the molecule is COC(=O)CC(C)c1cccc(NC(=O)C(c2ccc(Br)c(F)c2)C2CCCC2)c1C.